The van der Waals surface area contributed by atoms with Crippen LogP contribution in [0.15, 0.2) is 11.6 Å². The molecule has 0 aromatic rings. The van der Waals surface area contributed by atoms with Gasteiger partial charge in [-0.15, -0.1) is 0 Å². The molecular formula is C8H14O. The second-order valence-electron chi connectivity index (χ2n) is 2.20. The van der Waals surface area contributed by atoms with Gasteiger partial charge in [-0.05, 0) is 13.3 Å². The van der Waals surface area contributed by atoms with Crippen molar-refractivity contribution in [3.05, 3.63) is 11.6 Å². The van der Waals surface area contributed by atoms with Crippen LogP contribution < -0.4 is 0 Å². The highest BCUT2D eigenvalue weighted by Crippen LogP contribution is 2.02. The Labute approximate surface area is 56.8 Å². The quantitative estimate of drug-likeness (QED) is 0.417. The fourth-order valence-electron chi connectivity index (χ4n) is 0.746. The molecule has 0 saturated heterocycles. The van der Waals surface area contributed by atoms with Crippen molar-refractivity contribution in [1.82, 2.24) is 0 Å². The summed E-state index contributed by atoms with van der Waals surface area (Å²) in [4.78, 5) is 9.87. The van der Waals surface area contributed by atoms with Gasteiger partial charge in [-0.25, -0.2) is 0 Å². The third-order valence-electron chi connectivity index (χ3n) is 1.21. The smallest absolute Gasteiger partial charge is 0.123 e. The molecule has 52 valence electrons. The van der Waals surface area contributed by atoms with Crippen LogP contribution in [0.2, 0.25) is 0 Å². The van der Waals surface area contributed by atoms with Crippen LogP contribution in [0.3, 0.4) is 0 Å². The molecule has 0 aromatic carbocycles. The molecule has 0 spiro atoms. The number of rotatable bonds is 4. The van der Waals surface area contributed by atoms with Crippen LogP contribution in [0.4, 0.5) is 0 Å². The Balaban J connectivity index is 3.42. The van der Waals surface area contributed by atoms with Gasteiger partial charge in [0.25, 0.3) is 0 Å². The van der Waals surface area contributed by atoms with Gasteiger partial charge in [-0.2, -0.15) is 0 Å². The minimum Gasteiger partial charge on any atom is -0.303 e. The zero-order valence-corrected chi connectivity index (χ0v) is 6.18. The minimum atomic E-state index is 0.575. The molecule has 0 N–H and O–H groups in total. The van der Waals surface area contributed by atoms with Crippen molar-refractivity contribution in [2.75, 3.05) is 0 Å². The summed E-state index contributed by atoms with van der Waals surface area (Å²) >= 11 is 0. The topological polar surface area (TPSA) is 17.1 Å². The van der Waals surface area contributed by atoms with Crippen molar-refractivity contribution in [1.29, 1.82) is 0 Å². The van der Waals surface area contributed by atoms with E-state index in [0.717, 1.165) is 12.7 Å². The van der Waals surface area contributed by atoms with Crippen LogP contribution in [-0.4, -0.2) is 6.29 Å². The summed E-state index contributed by atoms with van der Waals surface area (Å²) in [5.41, 5.74) is 1.32. The molecule has 1 heteroatoms. The van der Waals surface area contributed by atoms with Gasteiger partial charge in [0.15, 0.2) is 0 Å². The largest absolute Gasteiger partial charge is 0.303 e. The van der Waals surface area contributed by atoms with Crippen molar-refractivity contribution in [2.45, 2.75) is 33.1 Å². The lowest BCUT2D eigenvalue weighted by Gasteiger charge is -1.93. The predicted octanol–water partition coefficient (Wildman–Crippen LogP) is 2.32. The standard InChI is InChI=1S/C8H14O/c1-3-5-8(2)6-4-7-9/h6-7H,3-5H2,1-2H3. The monoisotopic (exact) mass is 126 g/mol. The Kier molecular flexibility index (Phi) is 5.18. The van der Waals surface area contributed by atoms with Crippen LogP contribution >= 0.6 is 0 Å². The number of carbonyl (C=O) groups excluding carboxylic acids is 1. The Hall–Kier alpha value is -0.590. The second kappa shape index (κ2) is 5.54. The summed E-state index contributed by atoms with van der Waals surface area (Å²) in [6.45, 7) is 4.20. The Morgan fingerprint density at radius 3 is 2.67 bits per heavy atom. The number of carbonyl (C=O) groups is 1. The first-order chi connectivity index (χ1) is 4.31. The molecule has 0 fully saturated rings. The SMILES string of the molecule is CCCC(C)=CCC=O. The number of hydrogen-bond acceptors (Lipinski definition) is 1. The van der Waals surface area contributed by atoms with E-state index >= 15 is 0 Å². The Morgan fingerprint density at radius 1 is 1.56 bits per heavy atom. The summed E-state index contributed by atoms with van der Waals surface area (Å²) in [6, 6.07) is 0. The highest BCUT2D eigenvalue weighted by molar-refractivity contribution is 5.52. The molecule has 0 aliphatic carbocycles. The third-order valence-corrected chi connectivity index (χ3v) is 1.21. The molecule has 0 aromatic heterocycles. The van der Waals surface area contributed by atoms with Crippen LogP contribution in [0.25, 0.3) is 0 Å². The minimum absolute atomic E-state index is 0.575. The maximum Gasteiger partial charge on any atom is 0.123 e. The number of allylic oxidation sites excluding steroid dienone is 2. The van der Waals surface area contributed by atoms with Gasteiger partial charge in [-0.3, -0.25) is 0 Å². The highest BCUT2D eigenvalue weighted by atomic mass is 16.1. The molecule has 0 amide bonds. The van der Waals surface area contributed by atoms with Crippen molar-refractivity contribution >= 4 is 6.29 Å². The molecular weight excluding hydrogens is 112 g/mol. The van der Waals surface area contributed by atoms with Gasteiger partial charge in [0.05, 0.1) is 0 Å². The zero-order chi connectivity index (χ0) is 7.11. The van der Waals surface area contributed by atoms with Crippen LogP contribution in [0, 0.1) is 0 Å². The van der Waals surface area contributed by atoms with Gasteiger partial charge in [0.2, 0.25) is 0 Å². The van der Waals surface area contributed by atoms with E-state index in [2.05, 4.69) is 13.8 Å². The van der Waals surface area contributed by atoms with Crippen molar-refractivity contribution < 1.29 is 4.79 Å². The molecule has 0 bridgehead atoms. The van der Waals surface area contributed by atoms with Gasteiger partial charge in [0, 0.05) is 6.42 Å². The first-order valence-electron chi connectivity index (χ1n) is 3.40. The van der Waals surface area contributed by atoms with Crippen LogP contribution in [0.1, 0.15) is 33.1 Å². The molecule has 0 atom stereocenters. The summed E-state index contributed by atoms with van der Waals surface area (Å²) in [5, 5.41) is 0. The maximum absolute atomic E-state index is 9.87. The van der Waals surface area contributed by atoms with Crippen LogP contribution in [-0.2, 0) is 4.79 Å². The fraction of sp³-hybridized carbons (Fsp3) is 0.625. The summed E-state index contributed by atoms with van der Waals surface area (Å²) in [6.07, 6.45) is 5.77. The first kappa shape index (κ1) is 8.41. The average molecular weight is 126 g/mol. The molecule has 9 heavy (non-hydrogen) atoms. The molecule has 0 unspecified atom stereocenters. The zero-order valence-electron chi connectivity index (χ0n) is 6.18. The van der Waals surface area contributed by atoms with Crippen molar-refractivity contribution in [3.63, 3.8) is 0 Å². The molecule has 0 aliphatic heterocycles. The van der Waals surface area contributed by atoms with E-state index in [0.29, 0.717) is 6.42 Å². The lowest BCUT2D eigenvalue weighted by molar-refractivity contribution is -0.107. The fourth-order valence-corrected chi connectivity index (χ4v) is 0.746. The highest BCUT2D eigenvalue weighted by Gasteiger charge is 1.84. The molecule has 0 aliphatic rings. The predicted molar refractivity (Wildman–Crippen MR) is 39.3 cm³/mol. The Morgan fingerprint density at radius 2 is 2.22 bits per heavy atom. The number of aldehydes is 1. The van der Waals surface area contributed by atoms with E-state index < -0.39 is 0 Å². The third kappa shape index (κ3) is 5.28. The Bertz CT molecular complexity index is 103. The number of hydrogen-bond donors (Lipinski definition) is 0. The van der Waals surface area contributed by atoms with Gasteiger partial charge >= 0.3 is 0 Å². The van der Waals surface area contributed by atoms with Crippen LogP contribution in [0.5, 0.6) is 0 Å². The second-order valence-corrected chi connectivity index (χ2v) is 2.20. The molecule has 0 rings (SSSR count). The summed E-state index contributed by atoms with van der Waals surface area (Å²) < 4.78 is 0. The van der Waals surface area contributed by atoms with E-state index in [1.54, 1.807) is 0 Å². The van der Waals surface area contributed by atoms with E-state index in [9.17, 15) is 4.79 Å². The lowest BCUT2D eigenvalue weighted by Crippen LogP contribution is -1.75. The first-order valence-corrected chi connectivity index (χ1v) is 3.40. The van der Waals surface area contributed by atoms with E-state index in [-0.39, 0.29) is 0 Å². The van der Waals surface area contributed by atoms with Gasteiger partial charge in [-0.1, -0.05) is 25.0 Å². The summed E-state index contributed by atoms with van der Waals surface area (Å²) in [5.74, 6) is 0. The van der Waals surface area contributed by atoms with E-state index in [1.165, 1.54) is 12.0 Å². The maximum atomic E-state index is 9.87. The van der Waals surface area contributed by atoms with Gasteiger partial charge in [0.1, 0.15) is 6.29 Å². The normalized spacial score (nSPS) is 11.6. The van der Waals surface area contributed by atoms with Crippen molar-refractivity contribution in [3.8, 4) is 0 Å². The average Bonchev–Trinajstić information content (AvgIpc) is 1.85. The molecule has 1 nitrogen and oxygen atoms in total. The van der Waals surface area contributed by atoms with Crippen molar-refractivity contribution in [2.24, 2.45) is 0 Å². The summed E-state index contributed by atoms with van der Waals surface area (Å²) in [7, 11) is 0. The van der Waals surface area contributed by atoms with E-state index in [1.807, 2.05) is 6.08 Å². The van der Waals surface area contributed by atoms with E-state index in [4.69, 9.17) is 0 Å². The lowest BCUT2D eigenvalue weighted by atomic mass is 10.1. The molecule has 0 radical (unpaired) electrons. The molecule has 0 saturated carbocycles. The molecule has 0 heterocycles. The van der Waals surface area contributed by atoms with Gasteiger partial charge < -0.3 is 4.79 Å².